The molecule has 0 amide bonds. The van der Waals surface area contributed by atoms with E-state index in [1.165, 1.54) is 18.2 Å². The molecule has 0 saturated carbocycles. The van der Waals surface area contributed by atoms with Crippen LogP contribution in [0.15, 0.2) is 48.7 Å². The fourth-order valence-corrected chi connectivity index (χ4v) is 2.77. The Balaban J connectivity index is 1.77. The van der Waals surface area contributed by atoms with Crippen molar-refractivity contribution in [1.82, 2.24) is 15.1 Å². The van der Waals surface area contributed by atoms with E-state index < -0.39 is 11.6 Å². The highest BCUT2D eigenvalue weighted by Crippen LogP contribution is 2.21. The molecule has 0 spiro atoms. The van der Waals surface area contributed by atoms with Crippen LogP contribution in [0, 0.1) is 24.4 Å². The maximum Gasteiger partial charge on any atom is 0.163 e. The molecular formula is C19H18F3N3. The lowest BCUT2D eigenvalue weighted by molar-refractivity contribution is 0.484. The highest BCUT2D eigenvalue weighted by Gasteiger charge is 2.15. The lowest BCUT2D eigenvalue weighted by Crippen LogP contribution is -2.19. The maximum absolute atomic E-state index is 13.7. The van der Waals surface area contributed by atoms with E-state index in [-0.39, 0.29) is 24.0 Å². The van der Waals surface area contributed by atoms with Crippen molar-refractivity contribution in [3.05, 3.63) is 82.9 Å². The van der Waals surface area contributed by atoms with Gasteiger partial charge in [0.2, 0.25) is 0 Å². The van der Waals surface area contributed by atoms with Crippen molar-refractivity contribution >= 4 is 0 Å². The minimum atomic E-state index is -0.859. The third kappa shape index (κ3) is 3.58. The van der Waals surface area contributed by atoms with Crippen molar-refractivity contribution in [2.75, 3.05) is 0 Å². The van der Waals surface area contributed by atoms with Gasteiger partial charge in [-0.25, -0.2) is 17.9 Å². The Hall–Kier alpha value is -2.60. The van der Waals surface area contributed by atoms with Gasteiger partial charge in [-0.05, 0) is 38.1 Å². The quantitative estimate of drug-likeness (QED) is 0.740. The predicted molar refractivity (Wildman–Crippen MR) is 89.9 cm³/mol. The SMILES string of the molecule is Cc1c(C(C)NCc2cccc(F)c2F)cnn1-c1cccc(F)c1. The molecule has 0 bridgehead atoms. The molecule has 0 aliphatic rings. The fraction of sp³-hybridized carbons (Fsp3) is 0.211. The molecule has 0 radical (unpaired) electrons. The number of nitrogens with zero attached hydrogens (tertiary/aromatic N) is 2. The van der Waals surface area contributed by atoms with E-state index >= 15 is 0 Å². The van der Waals surface area contributed by atoms with Crippen LogP contribution < -0.4 is 5.32 Å². The topological polar surface area (TPSA) is 29.9 Å². The lowest BCUT2D eigenvalue weighted by atomic mass is 10.1. The first-order valence-corrected chi connectivity index (χ1v) is 7.94. The molecule has 1 aromatic heterocycles. The van der Waals surface area contributed by atoms with E-state index in [0.717, 1.165) is 17.3 Å². The molecule has 6 heteroatoms. The Morgan fingerprint density at radius 3 is 2.64 bits per heavy atom. The Labute approximate surface area is 144 Å². The number of aromatic nitrogens is 2. The average molecular weight is 345 g/mol. The van der Waals surface area contributed by atoms with Gasteiger partial charge in [-0.3, -0.25) is 0 Å². The van der Waals surface area contributed by atoms with Crippen LogP contribution in [-0.4, -0.2) is 9.78 Å². The lowest BCUT2D eigenvalue weighted by Gasteiger charge is -2.14. The summed E-state index contributed by atoms with van der Waals surface area (Å²) in [7, 11) is 0. The Morgan fingerprint density at radius 1 is 1.12 bits per heavy atom. The van der Waals surface area contributed by atoms with Crippen molar-refractivity contribution in [3.63, 3.8) is 0 Å². The van der Waals surface area contributed by atoms with E-state index in [4.69, 9.17) is 0 Å². The zero-order valence-corrected chi connectivity index (χ0v) is 13.9. The summed E-state index contributed by atoms with van der Waals surface area (Å²) in [6.45, 7) is 3.99. The van der Waals surface area contributed by atoms with E-state index in [0.29, 0.717) is 5.69 Å². The van der Waals surface area contributed by atoms with Crippen molar-refractivity contribution in [1.29, 1.82) is 0 Å². The number of nitrogens with one attached hydrogen (secondary N) is 1. The van der Waals surface area contributed by atoms with Crippen molar-refractivity contribution < 1.29 is 13.2 Å². The molecular weight excluding hydrogens is 327 g/mol. The van der Waals surface area contributed by atoms with Crippen LogP contribution in [0.3, 0.4) is 0 Å². The van der Waals surface area contributed by atoms with Crippen LogP contribution in [0.25, 0.3) is 5.69 Å². The molecule has 3 nitrogen and oxygen atoms in total. The monoisotopic (exact) mass is 345 g/mol. The first-order valence-electron chi connectivity index (χ1n) is 7.94. The molecule has 130 valence electrons. The van der Waals surface area contributed by atoms with Crippen molar-refractivity contribution in [2.24, 2.45) is 0 Å². The molecule has 1 heterocycles. The summed E-state index contributed by atoms with van der Waals surface area (Å²) in [5.74, 6) is -2.03. The van der Waals surface area contributed by atoms with Gasteiger partial charge in [-0.15, -0.1) is 0 Å². The number of benzene rings is 2. The van der Waals surface area contributed by atoms with Gasteiger partial charge in [0.05, 0.1) is 11.9 Å². The molecule has 25 heavy (non-hydrogen) atoms. The fourth-order valence-electron chi connectivity index (χ4n) is 2.77. The van der Waals surface area contributed by atoms with E-state index in [1.54, 1.807) is 29.1 Å². The van der Waals surface area contributed by atoms with Crippen molar-refractivity contribution in [3.8, 4) is 5.69 Å². The second kappa shape index (κ2) is 7.11. The molecule has 0 aliphatic heterocycles. The molecule has 0 fully saturated rings. The van der Waals surface area contributed by atoms with Gasteiger partial charge in [0, 0.05) is 29.4 Å². The standard InChI is InChI=1S/C19H18F3N3/c1-12(23-10-14-5-3-8-18(21)19(14)22)17-11-24-25(13(17)2)16-7-4-6-15(20)9-16/h3-9,11-12,23H,10H2,1-2H3. The minimum absolute atomic E-state index is 0.134. The van der Waals surface area contributed by atoms with E-state index in [9.17, 15) is 13.2 Å². The zero-order chi connectivity index (χ0) is 18.0. The molecule has 1 N–H and O–H groups in total. The maximum atomic E-state index is 13.7. The first-order chi connectivity index (χ1) is 12.0. The van der Waals surface area contributed by atoms with Crippen LogP contribution in [0.2, 0.25) is 0 Å². The largest absolute Gasteiger partial charge is 0.306 e. The summed E-state index contributed by atoms with van der Waals surface area (Å²) in [6, 6.07) is 10.2. The summed E-state index contributed by atoms with van der Waals surface area (Å²) in [6.07, 6.45) is 1.69. The number of hydrogen-bond acceptors (Lipinski definition) is 2. The molecule has 3 rings (SSSR count). The minimum Gasteiger partial charge on any atom is -0.306 e. The summed E-state index contributed by atoms with van der Waals surface area (Å²) < 4.78 is 42.1. The first kappa shape index (κ1) is 17.2. The number of rotatable bonds is 5. The van der Waals surface area contributed by atoms with Crippen LogP contribution in [0.4, 0.5) is 13.2 Å². The van der Waals surface area contributed by atoms with E-state index in [1.807, 2.05) is 13.8 Å². The Bertz CT molecular complexity index is 889. The Kier molecular flexibility index (Phi) is 4.90. The third-order valence-electron chi connectivity index (χ3n) is 4.20. The summed E-state index contributed by atoms with van der Waals surface area (Å²) in [5.41, 5.74) is 2.65. The molecule has 1 atom stereocenters. The number of halogens is 3. The van der Waals surface area contributed by atoms with Crippen LogP contribution >= 0.6 is 0 Å². The smallest absolute Gasteiger partial charge is 0.163 e. The van der Waals surface area contributed by atoms with Gasteiger partial charge in [0.15, 0.2) is 11.6 Å². The highest BCUT2D eigenvalue weighted by atomic mass is 19.2. The molecule has 1 unspecified atom stereocenters. The Morgan fingerprint density at radius 2 is 1.88 bits per heavy atom. The summed E-state index contributed by atoms with van der Waals surface area (Å²) in [5, 5.41) is 7.48. The van der Waals surface area contributed by atoms with Gasteiger partial charge in [0.25, 0.3) is 0 Å². The third-order valence-corrected chi connectivity index (χ3v) is 4.20. The van der Waals surface area contributed by atoms with Crippen LogP contribution in [-0.2, 0) is 6.54 Å². The van der Waals surface area contributed by atoms with Gasteiger partial charge in [-0.2, -0.15) is 5.10 Å². The van der Waals surface area contributed by atoms with Crippen LogP contribution in [0.1, 0.15) is 29.8 Å². The van der Waals surface area contributed by atoms with Gasteiger partial charge in [-0.1, -0.05) is 18.2 Å². The molecule has 0 saturated heterocycles. The molecule has 0 aliphatic carbocycles. The highest BCUT2D eigenvalue weighted by molar-refractivity contribution is 5.36. The van der Waals surface area contributed by atoms with Crippen LogP contribution in [0.5, 0.6) is 0 Å². The second-order valence-corrected chi connectivity index (χ2v) is 5.89. The molecule has 2 aromatic carbocycles. The normalized spacial score (nSPS) is 12.4. The predicted octanol–water partition coefficient (Wildman–Crippen LogP) is 4.45. The average Bonchev–Trinajstić information content (AvgIpc) is 2.97. The summed E-state index contributed by atoms with van der Waals surface area (Å²) >= 11 is 0. The summed E-state index contributed by atoms with van der Waals surface area (Å²) in [4.78, 5) is 0. The van der Waals surface area contributed by atoms with Gasteiger partial charge in [0.1, 0.15) is 5.82 Å². The zero-order valence-electron chi connectivity index (χ0n) is 13.9. The van der Waals surface area contributed by atoms with Crippen molar-refractivity contribution in [2.45, 2.75) is 26.4 Å². The second-order valence-electron chi connectivity index (χ2n) is 5.89. The van der Waals surface area contributed by atoms with Gasteiger partial charge >= 0.3 is 0 Å². The van der Waals surface area contributed by atoms with E-state index in [2.05, 4.69) is 10.4 Å². The molecule has 3 aromatic rings. The number of hydrogen-bond donors (Lipinski definition) is 1. The van der Waals surface area contributed by atoms with Gasteiger partial charge < -0.3 is 5.32 Å².